The lowest BCUT2D eigenvalue weighted by Gasteiger charge is -2.07. The van der Waals surface area contributed by atoms with Crippen LogP contribution in [0, 0.1) is 24.0 Å². The van der Waals surface area contributed by atoms with E-state index in [-0.39, 0.29) is 17.3 Å². The molecule has 1 aromatic carbocycles. The summed E-state index contributed by atoms with van der Waals surface area (Å²) in [4.78, 5) is 26.2. The van der Waals surface area contributed by atoms with Crippen molar-refractivity contribution in [3.05, 3.63) is 39.7 Å². The molecule has 0 unspecified atom stereocenters. The van der Waals surface area contributed by atoms with Crippen molar-refractivity contribution in [1.29, 1.82) is 0 Å². The zero-order chi connectivity index (χ0) is 15.4. The van der Waals surface area contributed by atoms with Gasteiger partial charge in [0.2, 0.25) is 11.1 Å². The van der Waals surface area contributed by atoms with Gasteiger partial charge in [-0.05, 0) is 19.4 Å². The zero-order valence-corrected chi connectivity index (χ0v) is 12.2. The van der Waals surface area contributed by atoms with Crippen LogP contribution in [0.2, 0.25) is 0 Å². The molecular weight excluding hydrogens is 294 g/mol. The van der Waals surface area contributed by atoms with Gasteiger partial charge in [-0.2, -0.15) is 0 Å². The van der Waals surface area contributed by atoms with Crippen LogP contribution in [0.4, 0.5) is 11.4 Å². The van der Waals surface area contributed by atoms with Crippen molar-refractivity contribution < 1.29 is 9.72 Å². The summed E-state index contributed by atoms with van der Waals surface area (Å²) in [6.07, 6.45) is 0. The molecule has 2 rings (SSSR count). The van der Waals surface area contributed by atoms with Gasteiger partial charge in [0.25, 0.3) is 5.69 Å². The molecule has 2 N–H and O–H groups in total. The van der Waals surface area contributed by atoms with Crippen molar-refractivity contribution in [2.24, 2.45) is 0 Å². The van der Waals surface area contributed by atoms with Gasteiger partial charge >= 0.3 is 0 Å². The first-order valence-electron chi connectivity index (χ1n) is 6.02. The number of aromatic amines is 1. The highest BCUT2D eigenvalue weighted by molar-refractivity contribution is 7.99. The lowest BCUT2D eigenvalue weighted by Crippen LogP contribution is -2.15. The number of hydrogen-bond acceptors (Lipinski definition) is 6. The van der Waals surface area contributed by atoms with E-state index < -0.39 is 4.92 Å². The van der Waals surface area contributed by atoms with E-state index in [1.54, 1.807) is 19.9 Å². The van der Waals surface area contributed by atoms with Gasteiger partial charge in [-0.1, -0.05) is 17.8 Å². The number of non-ortho nitro benzene ring substituents is 1. The number of aryl methyl sites for hydroxylation is 2. The van der Waals surface area contributed by atoms with Crippen LogP contribution in [-0.4, -0.2) is 31.8 Å². The summed E-state index contributed by atoms with van der Waals surface area (Å²) in [5.74, 6) is 0.526. The molecule has 0 fully saturated rings. The Labute approximate surface area is 124 Å². The van der Waals surface area contributed by atoms with Crippen LogP contribution >= 0.6 is 11.8 Å². The normalized spacial score (nSPS) is 10.4. The predicted octanol–water partition coefficient (Wildman–Crippen LogP) is 2.06. The van der Waals surface area contributed by atoms with Gasteiger partial charge in [0.1, 0.15) is 5.82 Å². The molecule has 9 heteroatoms. The Bertz CT molecular complexity index is 685. The fourth-order valence-corrected chi connectivity index (χ4v) is 2.21. The van der Waals surface area contributed by atoms with E-state index >= 15 is 0 Å². The fraction of sp³-hybridized carbons (Fsp3) is 0.250. The molecule has 1 amide bonds. The number of benzene rings is 1. The summed E-state index contributed by atoms with van der Waals surface area (Å²) in [6, 6.07) is 4.34. The largest absolute Gasteiger partial charge is 0.325 e. The SMILES string of the molecule is Cc1nc(SCC(=O)Nc2cc([N+](=O)[O-])ccc2C)n[nH]1. The van der Waals surface area contributed by atoms with Gasteiger partial charge in [0.05, 0.1) is 16.4 Å². The smallest absolute Gasteiger partial charge is 0.271 e. The third kappa shape index (κ3) is 4.02. The number of anilines is 1. The Morgan fingerprint density at radius 1 is 1.48 bits per heavy atom. The first-order chi connectivity index (χ1) is 9.95. The molecule has 0 spiro atoms. The molecule has 0 saturated heterocycles. The minimum atomic E-state index is -0.500. The standard InChI is InChI=1S/C12H13N5O3S/c1-7-3-4-9(17(19)20)5-10(7)14-11(18)6-21-12-13-8(2)15-16-12/h3-5H,6H2,1-2H3,(H,14,18)(H,13,15,16). The highest BCUT2D eigenvalue weighted by Crippen LogP contribution is 2.22. The summed E-state index contributed by atoms with van der Waals surface area (Å²) in [6.45, 7) is 3.54. The number of nitrogens with one attached hydrogen (secondary N) is 2. The number of nitro groups is 1. The van der Waals surface area contributed by atoms with Gasteiger partial charge in [0.15, 0.2) is 0 Å². The molecule has 110 valence electrons. The van der Waals surface area contributed by atoms with Crippen LogP contribution in [0.1, 0.15) is 11.4 Å². The number of rotatable bonds is 5. The molecule has 0 aliphatic heterocycles. The molecule has 0 aliphatic carbocycles. The number of carbonyl (C=O) groups excluding carboxylic acids is 1. The van der Waals surface area contributed by atoms with E-state index in [1.807, 2.05) is 0 Å². The molecule has 8 nitrogen and oxygen atoms in total. The summed E-state index contributed by atoms with van der Waals surface area (Å²) in [5.41, 5.74) is 1.13. The second-order valence-corrected chi connectivity index (χ2v) is 5.24. The van der Waals surface area contributed by atoms with Crippen LogP contribution < -0.4 is 5.32 Å². The number of aromatic nitrogens is 3. The average molecular weight is 307 g/mol. The molecule has 0 saturated carbocycles. The number of carbonyl (C=O) groups is 1. The summed E-state index contributed by atoms with van der Waals surface area (Å²) in [7, 11) is 0. The highest BCUT2D eigenvalue weighted by atomic mass is 32.2. The Hall–Kier alpha value is -2.42. The van der Waals surface area contributed by atoms with Gasteiger partial charge in [-0.25, -0.2) is 4.98 Å². The highest BCUT2D eigenvalue weighted by Gasteiger charge is 2.12. The minimum Gasteiger partial charge on any atom is -0.325 e. The molecule has 2 aromatic rings. The molecule has 1 heterocycles. The van der Waals surface area contributed by atoms with Crippen molar-refractivity contribution in [2.75, 3.05) is 11.1 Å². The number of thioether (sulfide) groups is 1. The molecule has 0 aliphatic rings. The molecule has 21 heavy (non-hydrogen) atoms. The summed E-state index contributed by atoms with van der Waals surface area (Å²) in [5, 5.41) is 20.5. The quantitative estimate of drug-likeness (QED) is 0.496. The number of amides is 1. The lowest BCUT2D eigenvalue weighted by atomic mass is 10.2. The van der Waals surface area contributed by atoms with Gasteiger partial charge in [-0.3, -0.25) is 20.0 Å². The van der Waals surface area contributed by atoms with Crippen LogP contribution in [0.3, 0.4) is 0 Å². The van der Waals surface area contributed by atoms with E-state index in [0.29, 0.717) is 16.7 Å². The minimum absolute atomic E-state index is 0.0619. The van der Waals surface area contributed by atoms with Crippen LogP contribution in [0.25, 0.3) is 0 Å². The first kappa shape index (κ1) is 15.0. The lowest BCUT2D eigenvalue weighted by molar-refractivity contribution is -0.384. The average Bonchev–Trinajstić information content (AvgIpc) is 2.84. The Kier molecular flexibility index (Phi) is 4.53. The third-order valence-electron chi connectivity index (χ3n) is 2.62. The van der Waals surface area contributed by atoms with Crippen molar-refractivity contribution >= 4 is 29.0 Å². The number of H-pyrrole nitrogens is 1. The molecule has 1 aromatic heterocycles. The maximum Gasteiger partial charge on any atom is 0.271 e. The van der Waals surface area contributed by atoms with E-state index in [9.17, 15) is 14.9 Å². The Morgan fingerprint density at radius 2 is 2.24 bits per heavy atom. The first-order valence-corrected chi connectivity index (χ1v) is 7.01. The maximum atomic E-state index is 11.9. The zero-order valence-electron chi connectivity index (χ0n) is 11.4. The number of hydrogen-bond donors (Lipinski definition) is 2. The summed E-state index contributed by atoms with van der Waals surface area (Å²) >= 11 is 1.19. The predicted molar refractivity (Wildman–Crippen MR) is 78.3 cm³/mol. The van der Waals surface area contributed by atoms with Crippen LogP contribution in [-0.2, 0) is 4.79 Å². The van der Waals surface area contributed by atoms with E-state index in [2.05, 4.69) is 20.5 Å². The van der Waals surface area contributed by atoms with Crippen molar-refractivity contribution in [3.63, 3.8) is 0 Å². The van der Waals surface area contributed by atoms with Crippen molar-refractivity contribution in [3.8, 4) is 0 Å². The molecular formula is C12H13N5O3S. The van der Waals surface area contributed by atoms with Gasteiger partial charge in [0, 0.05) is 12.1 Å². The second-order valence-electron chi connectivity index (χ2n) is 4.30. The number of nitrogens with zero attached hydrogens (tertiary/aromatic N) is 3. The van der Waals surface area contributed by atoms with Crippen molar-refractivity contribution in [1.82, 2.24) is 15.2 Å². The fourth-order valence-electron chi connectivity index (χ4n) is 1.56. The van der Waals surface area contributed by atoms with Crippen LogP contribution in [0.5, 0.6) is 0 Å². The van der Waals surface area contributed by atoms with Gasteiger partial charge < -0.3 is 5.32 Å². The maximum absolute atomic E-state index is 11.9. The summed E-state index contributed by atoms with van der Waals surface area (Å²) < 4.78 is 0. The van der Waals surface area contributed by atoms with Gasteiger partial charge in [-0.15, -0.1) is 5.10 Å². The third-order valence-corrected chi connectivity index (χ3v) is 3.46. The molecule has 0 radical (unpaired) electrons. The molecule has 0 atom stereocenters. The van der Waals surface area contributed by atoms with E-state index in [4.69, 9.17) is 0 Å². The van der Waals surface area contributed by atoms with Crippen LogP contribution in [0.15, 0.2) is 23.4 Å². The van der Waals surface area contributed by atoms with E-state index in [0.717, 1.165) is 5.56 Å². The Morgan fingerprint density at radius 3 is 2.86 bits per heavy atom. The second kappa shape index (κ2) is 6.35. The van der Waals surface area contributed by atoms with E-state index in [1.165, 1.54) is 23.9 Å². The molecule has 0 bridgehead atoms. The topological polar surface area (TPSA) is 114 Å². The van der Waals surface area contributed by atoms with Crippen molar-refractivity contribution in [2.45, 2.75) is 19.0 Å². The monoisotopic (exact) mass is 307 g/mol. The number of nitro benzene ring substituents is 1. The Balaban J connectivity index is 1.99.